The molecule has 3 radical (unpaired) electrons. The molecule has 7 aromatic rings. The highest BCUT2D eigenvalue weighted by Gasteiger charge is 2.24. The van der Waals surface area contributed by atoms with Crippen LogP contribution in [0.5, 0.6) is 5.75 Å². The van der Waals surface area contributed by atoms with Crippen LogP contribution in [0.3, 0.4) is 0 Å². The van der Waals surface area contributed by atoms with Gasteiger partial charge < -0.3 is 58.6 Å². The van der Waals surface area contributed by atoms with Crippen LogP contribution in [-0.4, -0.2) is 90.2 Å². The molecule has 3 heterocycles. The first-order valence-electron chi connectivity index (χ1n) is 21.6. The number of nitrogen functional groups attached to an aromatic ring is 2. The Morgan fingerprint density at radius 3 is 1.74 bits per heavy atom. The SMILES string of the molecule is C1CCOC1.CN(C)c1ccc(-c2ncc3cc(Br)ccc3n2)cc1.COc1ccc(N(C)C)cc1.N.NC(=O)c1cc(Br)ccc1N.NCc1cc(Br)ccc1N.O.O=C1Cc2ccc(Br)cc2C(=O)O1.[B]. The van der Waals surface area contributed by atoms with Crippen molar-refractivity contribution in [2.45, 2.75) is 25.8 Å². The van der Waals surface area contributed by atoms with Gasteiger partial charge in [0.05, 0.1) is 30.2 Å². The summed E-state index contributed by atoms with van der Waals surface area (Å²) in [6, 6.07) is 38.1. The maximum atomic E-state index is 11.2. The number of carbonyl (C=O) groups is 3. The first-order valence-corrected chi connectivity index (χ1v) is 24.8. The molecular weight excluding hydrogens is 1190 g/mol. The van der Waals surface area contributed by atoms with Crippen LogP contribution in [0, 0.1) is 0 Å². The summed E-state index contributed by atoms with van der Waals surface area (Å²) in [6.45, 7) is 2.49. The fourth-order valence-corrected chi connectivity index (χ4v) is 7.69. The van der Waals surface area contributed by atoms with Crippen LogP contribution in [0.15, 0.2) is 145 Å². The minimum atomic E-state index is -0.562. The highest BCUT2D eigenvalue weighted by Crippen LogP contribution is 2.25. The summed E-state index contributed by atoms with van der Waals surface area (Å²) in [6.07, 6.45) is 4.59. The summed E-state index contributed by atoms with van der Waals surface area (Å²) < 4.78 is 18.1. The zero-order valence-corrected chi connectivity index (χ0v) is 47.6. The maximum Gasteiger partial charge on any atom is 0.346 e. The Morgan fingerprint density at radius 1 is 0.712 bits per heavy atom. The summed E-state index contributed by atoms with van der Waals surface area (Å²) >= 11 is 13.2. The van der Waals surface area contributed by atoms with E-state index in [2.05, 4.69) is 112 Å². The number of esters is 2. The number of cyclic esters (lactones) is 2. The maximum absolute atomic E-state index is 11.2. The molecule has 0 atom stereocenters. The number of nitrogens with zero attached hydrogens (tertiary/aromatic N) is 4. The molecule has 6 aromatic carbocycles. The molecule has 21 heteroatoms. The Kier molecular flexibility index (Phi) is 29.5. The molecule has 0 bridgehead atoms. The standard InChI is InChI=1S/C16H14BrN3.C9H5BrO3.C9H13NO.C7H7BrN2O.C7H9BrN2.C4H8O.B.H3N.H2O/c1-20(2)14-6-3-11(4-7-14)16-18-10-12-9-13(17)5-8-15(12)19-16;10-6-2-1-5-3-8(11)13-9(12)7(5)4-6;1-10(2)8-4-6-9(11-3)7-5-8;8-4-1-2-6(9)5(3-4)7(10)11;8-6-1-2-7(10)5(3-6)4-9;1-2-4-5-3-1;;;/h3-10H,1-2H3;1-2,4H,3H2;4-7H,1-3H3;1-3H,9H2,(H2,10,11);1-3H,4,9-10H2;1-4H2;;1H3;1H2. The second-order valence-corrected chi connectivity index (χ2v) is 19.3. The van der Waals surface area contributed by atoms with Gasteiger partial charge in [-0.2, -0.15) is 0 Å². The number of hydrogen-bond acceptors (Lipinski definition) is 14. The van der Waals surface area contributed by atoms with Crippen LogP contribution in [0.2, 0.25) is 0 Å². The predicted molar refractivity (Wildman–Crippen MR) is 311 cm³/mol. The lowest BCUT2D eigenvalue weighted by atomic mass is 10.0. The van der Waals surface area contributed by atoms with E-state index in [0.717, 1.165) is 76.0 Å². The fraction of sp³-hybridized carbons (Fsp3) is 0.212. The number of aromatic nitrogens is 2. The molecule has 0 aliphatic carbocycles. The Bertz CT molecular complexity index is 2840. The highest BCUT2D eigenvalue weighted by molar-refractivity contribution is 9.11. The van der Waals surface area contributed by atoms with Gasteiger partial charge in [-0.15, -0.1) is 0 Å². The molecule has 0 spiro atoms. The van der Waals surface area contributed by atoms with Crippen LogP contribution in [0.4, 0.5) is 22.7 Å². The van der Waals surface area contributed by atoms with Crippen LogP contribution >= 0.6 is 63.7 Å². The van der Waals surface area contributed by atoms with Crippen molar-refractivity contribution >= 4 is 124 Å². The van der Waals surface area contributed by atoms with Gasteiger partial charge in [0.15, 0.2) is 5.82 Å². The second-order valence-electron chi connectivity index (χ2n) is 15.6. The van der Waals surface area contributed by atoms with Gasteiger partial charge in [0.1, 0.15) is 5.75 Å². The van der Waals surface area contributed by atoms with Crippen molar-refractivity contribution in [3.63, 3.8) is 0 Å². The van der Waals surface area contributed by atoms with Crippen molar-refractivity contribution in [2.24, 2.45) is 11.5 Å². The number of halogens is 4. The largest absolute Gasteiger partial charge is 0.497 e. The molecule has 9 rings (SSSR count). The summed E-state index contributed by atoms with van der Waals surface area (Å²) in [7, 11) is 9.76. The number of nitrogens with two attached hydrogens (primary N) is 4. The molecule has 1 amide bonds. The highest BCUT2D eigenvalue weighted by atomic mass is 79.9. The van der Waals surface area contributed by atoms with Crippen LogP contribution in [-0.2, 0) is 27.2 Å². The number of hydrogen-bond donors (Lipinski definition) is 5. The first kappa shape index (κ1) is 65.1. The molecule has 1 saturated heterocycles. The molecule has 73 heavy (non-hydrogen) atoms. The minimum absolute atomic E-state index is 0. The van der Waals surface area contributed by atoms with Gasteiger partial charge in [-0.25, -0.2) is 14.8 Å². The number of benzene rings is 6. The molecule has 1 fully saturated rings. The number of methoxy groups -OCH3 is 1. The number of ether oxygens (including phenoxy) is 3. The van der Waals surface area contributed by atoms with E-state index in [4.69, 9.17) is 32.4 Å². The Morgan fingerprint density at radius 2 is 1.23 bits per heavy atom. The lowest BCUT2D eigenvalue weighted by Gasteiger charge is -2.13. The minimum Gasteiger partial charge on any atom is -0.497 e. The summed E-state index contributed by atoms with van der Waals surface area (Å²) in [5, 5.41) is 1.04. The topological polar surface area (TPSA) is 282 Å². The molecular formula is C52H61BBr4N9O7. The van der Waals surface area contributed by atoms with Crippen LogP contribution in [0.25, 0.3) is 22.3 Å². The van der Waals surface area contributed by atoms with Gasteiger partial charge in [0.25, 0.3) is 5.91 Å². The number of carbonyl (C=O) groups excluding carboxylic acids is 3. The van der Waals surface area contributed by atoms with Gasteiger partial charge in [-0.05, 0) is 139 Å². The summed E-state index contributed by atoms with van der Waals surface area (Å²) in [5.74, 6) is 0.0944. The number of anilines is 4. The third kappa shape index (κ3) is 21.6. The smallest absolute Gasteiger partial charge is 0.346 e. The van der Waals surface area contributed by atoms with Gasteiger partial charge in [0.2, 0.25) is 0 Å². The summed E-state index contributed by atoms with van der Waals surface area (Å²) in [5.41, 5.74) is 29.5. The average Bonchev–Trinajstić information content (AvgIpc) is 3.95. The lowest BCUT2D eigenvalue weighted by molar-refractivity contribution is -0.137. The predicted octanol–water partition coefficient (Wildman–Crippen LogP) is 9.95. The molecule has 387 valence electrons. The van der Waals surface area contributed by atoms with E-state index in [9.17, 15) is 14.4 Å². The van der Waals surface area contributed by atoms with Gasteiger partial charge in [-0.1, -0.05) is 69.8 Å². The third-order valence-corrected chi connectivity index (χ3v) is 12.0. The van der Waals surface area contributed by atoms with Gasteiger partial charge in [0, 0.05) is 114 Å². The normalized spacial score (nSPS) is 11.5. The van der Waals surface area contributed by atoms with E-state index in [-0.39, 0.29) is 26.5 Å². The number of amides is 1. The quantitative estimate of drug-likeness (QED) is 0.0448. The van der Waals surface area contributed by atoms with Crippen LogP contribution < -0.4 is 43.6 Å². The van der Waals surface area contributed by atoms with Crippen molar-refractivity contribution in [1.82, 2.24) is 16.1 Å². The molecule has 0 unspecified atom stereocenters. The molecule has 16 nitrogen and oxygen atoms in total. The van der Waals surface area contributed by atoms with E-state index >= 15 is 0 Å². The number of fused-ring (bicyclic) bond motifs is 2. The lowest BCUT2D eigenvalue weighted by Crippen LogP contribution is -2.22. The zero-order chi connectivity index (χ0) is 51.3. The fourth-order valence-electron chi connectivity index (χ4n) is 6.18. The average molecular weight is 1250 g/mol. The van der Waals surface area contributed by atoms with E-state index < -0.39 is 17.8 Å². The van der Waals surface area contributed by atoms with E-state index in [1.807, 2.05) is 95.1 Å². The number of primary amides is 1. The monoisotopic (exact) mass is 1250 g/mol. The van der Waals surface area contributed by atoms with Gasteiger partial charge >= 0.3 is 11.9 Å². The first-order chi connectivity index (χ1) is 33.4. The van der Waals surface area contributed by atoms with Crippen molar-refractivity contribution in [3.05, 3.63) is 168 Å². The van der Waals surface area contributed by atoms with Crippen molar-refractivity contribution in [1.29, 1.82) is 0 Å². The molecule has 0 saturated carbocycles. The molecule has 1 aromatic heterocycles. The Hall–Kier alpha value is -5.91. The van der Waals surface area contributed by atoms with E-state index in [1.54, 1.807) is 43.5 Å². The molecule has 13 N–H and O–H groups in total. The van der Waals surface area contributed by atoms with E-state index in [1.165, 1.54) is 24.2 Å². The molecule has 2 aliphatic rings. The third-order valence-electron chi connectivity index (χ3n) is 10.0. The van der Waals surface area contributed by atoms with Crippen molar-refractivity contribution in [2.75, 3.05) is 69.8 Å². The van der Waals surface area contributed by atoms with Gasteiger partial charge in [-0.3, -0.25) is 9.59 Å². The van der Waals surface area contributed by atoms with Crippen molar-refractivity contribution < 1.29 is 34.1 Å². The second kappa shape index (κ2) is 33.0. The zero-order valence-electron chi connectivity index (χ0n) is 41.2. The van der Waals surface area contributed by atoms with Crippen molar-refractivity contribution in [3.8, 4) is 17.1 Å². The number of rotatable bonds is 6. The molecule has 2 aliphatic heterocycles. The Labute approximate surface area is 462 Å². The van der Waals surface area contributed by atoms with Crippen LogP contribution in [0.1, 0.15) is 44.7 Å². The van der Waals surface area contributed by atoms with E-state index in [0.29, 0.717) is 23.4 Å². The summed E-state index contributed by atoms with van der Waals surface area (Å²) in [4.78, 5) is 45.9. The Balaban J connectivity index is 0.000000451.